The van der Waals surface area contributed by atoms with Crippen LogP contribution in [0.3, 0.4) is 0 Å². The number of rotatable bonds is 4. The minimum atomic E-state index is 0.291. The second kappa shape index (κ2) is 6.26. The van der Waals surface area contributed by atoms with Crippen LogP contribution in [0.2, 0.25) is 0 Å². The van der Waals surface area contributed by atoms with Gasteiger partial charge in [0.2, 0.25) is 0 Å². The molecule has 1 aliphatic rings. The Labute approximate surface area is 134 Å². The highest BCUT2D eigenvalue weighted by Crippen LogP contribution is 2.32. The first-order valence-corrected chi connectivity index (χ1v) is 7.86. The van der Waals surface area contributed by atoms with Gasteiger partial charge in [-0.05, 0) is 31.5 Å². The second-order valence-electron chi connectivity index (χ2n) is 5.72. The third kappa shape index (κ3) is 2.98. The molecule has 0 spiro atoms. The van der Waals surface area contributed by atoms with Crippen LogP contribution in [0, 0.1) is 0 Å². The molecule has 1 N–H and O–H groups in total. The molecule has 6 nitrogen and oxygen atoms in total. The molecule has 116 valence electrons. The van der Waals surface area contributed by atoms with Crippen molar-refractivity contribution in [3.05, 3.63) is 60.6 Å². The predicted octanol–water partition coefficient (Wildman–Crippen LogP) is 2.60. The highest BCUT2D eigenvalue weighted by atomic mass is 15.2. The van der Waals surface area contributed by atoms with E-state index in [1.54, 1.807) is 18.6 Å². The van der Waals surface area contributed by atoms with Crippen LogP contribution in [0.5, 0.6) is 0 Å². The standard InChI is InChI=1S/C17H18N6/c1-2-6-19-13(4-1)12-23-9-3-5-16(23)14-10-18-11-15(22-14)17-20-7-8-21-17/h1-2,4,6-8,10-11,16H,3,5,9,12H2,(H,20,21)/t16-/m0/s1. The van der Waals surface area contributed by atoms with Crippen LogP contribution in [-0.2, 0) is 6.54 Å². The maximum Gasteiger partial charge on any atom is 0.157 e. The maximum atomic E-state index is 4.77. The van der Waals surface area contributed by atoms with Crippen molar-refractivity contribution in [3.8, 4) is 11.5 Å². The fourth-order valence-corrected chi connectivity index (χ4v) is 3.11. The first-order valence-electron chi connectivity index (χ1n) is 7.86. The number of pyridine rings is 1. The van der Waals surface area contributed by atoms with Crippen molar-refractivity contribution in [2.24, 2.45) is 0 Å². The molecule has 4 rings (SSSR count). The van der Waals surface area contributed by atoms with Gasteiger partial charge in [0.1, 0.15) is 5.69 Å². The fraction of sp³-hybridized carbons (Fsp3) is 0.294. The summed E-state index contributed by atoms with van der Waals surface area (Å²) in [7, 11) is 0. The Morgan fingerprint density at radius 1 is 1.17 bits per heavy atom. The van der Waals surface area contributed by atoms with E-state index in [1.165, 1.54) is 6.42 Å². The van der Waals surface area contributed by atoms with E-state index in [1.807, 2.05) is 24.5 Å². The molecule has 0 unspecified atom stereocenters. The van der Waals surface area contributed by atoms with Crippen molar-refractivity contribution in [2.75, 3.05) is 6.54 Å². The first-order chi connectivity index (χ1) is 11.4. The summed E-state index contributed by atoms with van der Waals surface area (Å²) in [4.78, 5) is 23.3. The Hall–Kier alpha value is -2.60. The Bertz CT molecular complexity index is 756. The number of imidazole rings is 1. The van der Waals surface area contributed by atoms with E-state index in [-0.39, 0.29) is 0 Å². The highest BCUT2D eigenvalue weighted by molar-refractivity contribution is 5.47. The minimum Gasteiger partial charge on any atom is -0.343 e. The monoisotopic (exact) mass is 306 g/mol. The number of nitrogens with zero attached hydrogens (tertiary/aromatic N) is 5. The second-order valence-corrected chi connectivity index (χ2v) is 5.72. The van der Waals surface area contributed by atoms with Crippen LogP contribution in [0.15, 0.2) is 49.2 Å². The number of aromatic amines is 1. The van der Waals surface area contributed by atoms with Crippen LogP contribution >= 0.6 is 0 Å². The van der Waals surface area contributed by atoms with Gasteiger partial charge >= 0.3 is 0 Å². The van der Waals surface area contributed by atoms with E-state index < -0.39 is 0 Å². The summed E-state index contributed by atoms with van der Waals surface area (Å²) in [6.45, 7) is 1.91. The average Bonchev–Trinajstić information content (AvgIpc) is 3.28. The molecule has 0 saturated carbocycles. The molecular formula is C17H18N6. The lowest BCUT2D eigenvalue weighted by Crippen LogP contribution is -2.24. The zero-order valence-electron chi connectivity index (χ0n) is 12.8. The molecule has 1 aliphatic heterocycles. The Morgan fingerprint density at radius 2 is 2.17 bits per heavy atom. The van der Waals surface area contributed by atoms with Crippen molar-refractivity contribution >= 4 is 0 Å². The Kier molecular flexibility index (Phi) is 3.81. The number of H-pyrrole nitrogens is 1. The van der Waals surface area contributed by atoms with Crippen molar-refractivity contribution in [1.82, 2.24) is 29.8 Å². The zero-order chi connectivity index (χ0) is 15.5. The predicted molar refractivity (Wildman–Crippen MR) is 86.2 cm³/mol. The summed E-state index contributed by atoms with van der Waals surface area (Å²) in [5, 5.41) is 0. The molecule has 1 atom stereocenters. The number of likely N-dealkylation sites (tertiary alicyclic amines) is 1. The third-order valence-electron chi connectivity index (χ3n) is 4.19. The van der Waals surface area contributed by atoms with Crippen molar-refractivity contribution in [2.45, 2.75) is 25.4 Å². The molecule has 1 saturated heterocycles. The number of nitrogens with one attached hydrogen (secondary N) is 1. The molecule has 1 fully saturated rings. The van der Waals surface area contributed by atoms with Gasteiger partial charge < -0.3 is 4.98 Å². The number of hydrogen-bond donors (Lipinski definition) is 1. The maximum absolute atomic E-state index is 4.77. The van der Waals surface area contributed by atoms with Gasteiger partial charge in [0.05, 0.1) is 29.8 Å². The van der Waals surface area contributed by atoms with Crippen LogP contribution in [0.4, 0.5) is 0 Å². The van der Waals surface area contributed by atoms with E-state index in [4.69, 9.17) is 4.98 Å². The van der Waals surface area contributed by atoms with Crippen molar-refractivity contribution in [3.63, 3.8) is 0 Å². The molecule has 23 heavy (non-hydrogen) atoms. The number of aromatic nitrogens is 5. The van der Waals surface area contributed by atoms with E-state index in [0.29, 0.717) is 6.04 Å². The van der Waals surface area contributed by atoms with Gasteiger partial charge in [-0.25, -0.2) is 9.97 Å². The fourth-order valence-electron chi connectivity index (χ4n) is 3.11. The van der Waals surface area contributed by atoms with Crippen LogP contribution in [0.1, 0.15) is 30.3 Å². The molecular weight excluding hydrogens is 288 g/mol. The average molecular weight is 306 g/mol. The lowest BCUT2D eigenvalue weighted by atomic mass is 10.1. The van der Waals surface area contributed by atoms with E-state index in [0.717, 1.165) is 42.4 Å². The van der Waals surface area contributed by atoms with Gasteiger partial charge in [0.15, 0.2) is 5.82 Å². The SMILES string of the molecule is c1ccc(CN2CCC[C@H]2c2cncc(-c3ncc[nH]3)n2)nc1. The van der Waals surface area contributed by atoms with Crippen LogP contribution in [-0.4, -0.2) is 36.4 Å². The smallest absolute Gasteiger partial charge is 0.157 e. The third-order valence-corrected chi connectivity index (χ3v) is 4.19. The largest absolute Gasteiger partial charge is 0.343 e. The molecule has 0 radical (unpaired) electrons. The molecule has 0 amide bonds. The van der Waals surface area contributed by atoms with Gasteiger partial charge in [-0.1, -0.05) is 6.07 Å². The molecule has 0 aliphatic carbocycles. The molecule has 0 bridgehead atoms. The van der Waals surface area contributed by atoms with E-state index in [2.05, 4.69) is 30.9 Å². The van der Waals surface area contributed by atoms with Gasteiger partial charge in [0.25, 0.3) is 0 Å². The summed E-state index contributed by atoms with van der Waals surface area (Å²) in [6.07, 6.45) is 11.3. The topological polar surface area (TPSA) is 70.6 Å². The molecule has 4 heterocycles. The molecule has 3 aromatic heterocycles. The van der Waals surface area contributed by atoms with Crippen LogP contribution in [0.25, 0.3) is 11.5 Å². The lowest BCUT2D eigenvalue weighted by molar-refractivity contribution is 0.241. The molecule has 0 aromatic carbocycles. The summed E-state index contributed by atoms with van der Waals surface area (Å²) in [6, 6.07) is 6.34. The van der Waals surface area contributed by atoms with Gasteiger partial charge in [-0.2, -0.15) is 0 Å². The van der Waals surface area contributed by atoms with Gasteiger partial charge in [0, 0.05) is 25.1 Å². The quantitative estimate of drug-likeness (QED) is 0.802. The van der Waals surface area contributed by atoms with Crippen molar-refractivity contribution in [1.29, 1.82) is 0 Å². The summed E-state index contributed by atoms with van der Waals surface area (Å²) < 4.78 is 0. The van der Waals surface area contributed by atoms with E-state index in [9.17, 15) is 0 Å². The van der Waals surface area contributed by atoms with E-state index >= 15 is 0 Å². The Balaban J connectivity index is 1.58. The van der Waals surface area contributed by atoms with Gasteiger partial charge in [-0.15, -0.1) is 0 Å². The highest BCUT2D eigenvalue weighted by Gasteiger charge is 2.28. The normalized spacial score (nSPS) is 18.3. The minimum absolute atomic E-state index is 0.291. The molecule has 6 heteroatoms. The molecule has 3 aromatic rings. The lowest BCUT2D eigenvalue weighted by Gasteiger charge is -2.23. The summed E-state index contributed by atoms with van der Waals surface area (Å²) in [5.41, 5.74) is 2.89. The van der Waals surface area contributed by atoms with Crippen molar-refractivity contribution < 1.29 is 0 Å². The summed E-state index contributed by atoms with van der Waals surface area (Å²) >= 11 is 0. The van der Waals surface area contributed by atoms with Gasteiger partial charge in [-0.3, -0.25) is 14.9 Å². The zero-order valence-corrected chi connectivity index (χ0v) is 12.8. The number of hydrogen-bond acceptors (Lipinski definition) is 5. The van der Waals surface area contributed by atoms with Crippen LogP contribution < -0.4 is 0 Å². The Morgan fingerprint density at radius 3 is 3.00 bits per heavy atom. The first kappa shape index (κ1) is 14.0. The summed E-state index contributed by atoms with van der Waals surface area (Å²) in [5.74, 6) is 0.758.